The molecule has 0 aliphatic heterocycles. The number of aryl methyl sites for hydroxylation is 1. The minimum atomic E-state index is 0.307. The van der Waals surface area contributed by atoms with Gasteiger partial charge in [0.2, 0.25) is 0 Å². The van der Waals surface area contributed by atoms with Crippen LogP contribution in [0.1, 0.15) is 94.6 Å². The van der Waals surface area contributed by atoms with E-state index in [9.17, 15) is 4.39 Å². The standard InChI is InChI=1S/C29H41FN2/c1-22(32-29-11-8-24(9-12-29)10-13-29)27-14-17-28(18-15-27,19-16-27)26-6-4-23(5-7-26)2-3-25(20-30)21-31/h4-7,20,24,32H,1-3,8-19,21,31H2/b25-20-. The summed E-state index contributed by atoms with van der Waals surface area (Å²) in [5.74, 6) is 1.00. The maximum absolute atomic E-state index is 12.8. The average Bonchev–Trinajstić information content (AvgIpc) is 2.87. The molecule has 3 N–H and O–H groups in total. The number of allylic oxidation sites excluding steroid dienone is 1. The van der Waals surface area contributed by atoms with Crippen LogP contribution in [-0.4, -0.2) is 12.1 Å². The monoisotopic (exact) mass is 436 g/mol. The van der Waals surface area contributed by atoms with Crippen molar-refractivity contribution in [3.05, 3.63) is 59.6 Å². The van der Waals surface area contributed by atoms with E-state index in [1.807, 2.05) is 0 Å². The molecule has 0 unspecified atom stereocenters. The third-order valence-electron chi connectivity index (χ3n) is 10.1. The van der Waals surface area contributed by atoms with E-state index in [-0.39, 0.29) is 0 Å². The van der Waals surface area contributed by atoms with Gasteiger partial charge in [-0.15, -0.1) is 0 Å². The van der Waals surface area contributed by atoms with E-state index in [1.165, 1.54) is 93.9 Å². The summed E-state index contributed by atoms with van der Waals surface area (Å²) in [5.41, 5.74) is 11.5. The molecule has 6 fully saturated rings. The van der Waals surface area contributed by atoms with Crippen LogP contribution >= 0.6 is 0 Å². The Morgan fingerprint density at radius 2 is 1.56 bits per heavy atom. The van der Waals surface area contributed by atoms with Crippen LogP contribution < -0.4 is 11.1 Å². The van der Waals surface area contributed by atoms with Gasteiger partial charge in [0.1, 0.15) is 0 Å². The fourth-order valence-electron chi connectivity index (χ4n) is 7.49. The lowest BCUT2D eigenvalue weighted by Gasteiger charge is -2.57. The molecule has 0 saturated heterocycles. The molecule has 1 aromatic carbocycles. The summed E-state index contributed by atoms with van der Waals surface area (Å²) in [7, 11) is 0. The molecule has 0 amide bonds. The van der Waals surface area contributed by atoms with Crippen molar-refractivity contribution in [3.8, 4) is 0 Å². The van der Waals surface area contributed by atoms with Gasteiger partial charge in [0.25, 0.3) is 0 Å². The first-order valence-electron chi connectivity index (χ1n) is 13.1. The highest BCUT2D eigenvalue weighted by Gasteiger charge is 2.52. The van der Waals surface area contributed by atoms with Crippen LogP contribution in [0, 0.1) is 11.3 Å². The SMILES string of the molecule is C=C(NC12CCC(CC1)CC2)C12CCC(c3ccc(CC/C(=C/F)CN)cc3)(CC1)CC2. The third kappa shape index (κ3) is 3.95. The molecule has 174 valence electrons. The molecule has 2 nitrogen and oxygen atoms in total. The molecule has 0 spiro atoms. The minimum absolute atomic E-state index is 0.307. The van der Waals surface area contributed by atoms with E-state index in [2.05, 4.69) is 36.2 Å². The molecule has 0 radical (unpaired) electrons. The number of benzene rings is 1. The van der Waals surface area contributed by atoms with E-state index in [0.717, 1.165) is 12.3 Å². The van der Waals surface area contributed by atoms with Crippen LogP contribution in [0.15, 0.2) is 48.4 Å². The summed E-state index contributed by atoms with van der Waals surface area (Å²) in [4.78, 5) is 0. The summed E-state index contributed by atoms with van der Waals surface area (Å²) in [6.07, 6.45) is 18.3. The normalized spacial score (nSPS) is 36.3. The summed E-state index contributed by atoms with van der Waals surface area (Å²) in [6.45, 7) is 4.96. The van der Waals surface area contributed by atoms with Crippen LogP contribution in [0.5, 0.6) is 0 Å². The zero-order chi connectivity index (χ0) is 22.2. The van der Waals surface area contributed by atoms with Crippen LogP contribution in [-0.2, 0) is 11.8 Å². The van der Waals surface area contributed by atoms with E-state index < -0.39 is 0 Å². The number of nitrogens with two attached hydrogens (primary N) is 1. The number of hydrogen-bond donors (Lipinski definition) is 2. The Bertz CT molecular complexity index is 821. The number of rotatable bonds is 8. The number of fused-ring (bicyclic) bond motifs is 6. The topological polar surface area (TPSA) is 38.0 Å². The molecule has 6 aliphatic carbocycles. The first-order valence-corrected chi connectivity index (χ1v) is 13.1. The second-order valence-electron chi connectivity index (χ2n) is 11.6. The third-order valence-corrected chi connectivity index (χ3v) is 10.1. The Kier molecular flexibility index (Phi) is 5.99. The molecule has 0 heterocycles. The Hall–Kier alpha value is -1.61. The van der Waals surface area contributed by atoms with Crippen molar-refractivity contribution in [1.82, 2.24) is 5.32 Å². The number of halogens is 1. The lowest BCUT2D eigenvalue weighted by Crippen LogP contribution is -2.55. The van der Waals surface area contributed by atoms with E-state index in [1.54, 1.807) is 0 Å². The fraction of sp³-hybridized carbons (Fsp3) is 0.655. The van der Waals surface area contributed by atoms with Gasteiger partial charge in [-0.25, -0.2) is 4.39 Å². The maximum Gasteiger partial charge on any atom is 0.0871 e. The summed E-state index contributed by atoms with van der Waals surface area (Å²) in [5, 5.41) is 4.06. The first kappa shape index (κ1) is 22.2. The van der Waals surface area contributed by atoms with Crippen LogP contribution in [0.3, 0.4) is 0 Å². The summed E-state index contributed by atoms with van der Waals surface area (Å²) < 4.78 is 12.8. The largest absolute Gasteiger partial charge is 0.383 e. The van der Waals surface area contributed by atoms with Crippen LogP contribution in [0.2, 0.25) is 0 Å². The van der Waals surface area contributed by atoms with Crippen molar-refractivity contribution in [2.45, 2.75) is 101 Å². The van der Waals surface area contributed by atoms with Gasteiger partial charge in [0.05, 0.1) is 6.33 Å². The number of nitrogens with one attached hydrogen (secondary N) is 1. The summed E-state index contributed by atoms with van der Waals surface area (Å²) in [6, 6.07) is 9.21. The van der Waals surface area contributed by atoms with Gasteiger partial charge in [0, 0.05) is 23.2 Å². The van der Waals surface area contributed by atoms with Crippen LogP contribution in [0.4, 0.5) is 4.39 Å². The second-order valence-corrected chi connectivity index (χ2v) is 11.6. The highest BCUT2D eigenvalue weighted by Crippen LogP contribution is 2.60. The Balaban J connectivity index is 1.21. The molecule has 0 atom stereocenters. The molecule has 3 heteroatoms. The smallest absolute Gasteiger partial charge is 0.0871 e. The van der Waals surface area contributed by atoms with Gasteiger partial charge in [-0.3, -0.25) is 0 Å². The molecule has 6 saturated carbocycles. The summed E-state index contributed by atoms with van der Waals surface area (Å²) >= 11 is 0. The Labute approximate surface area is 193 Å². The fourth-order valence-corrected chi connectivity index (χ4v) is 7.49. The highest BCUT2D eigenvalue weighted by molar-refractivity contribution is 5.33. The average molecular weight is 437 g/mol. The first-order chi connectivity index (χ1) is 15.5. The van der Waals surface area contributed by atoms with Gasteiger partial charge in [-0.1, -0.05) is 30.8 Å². The molecule has 32 heavy (non-hydrogen) atoms. The van der Waals surface area contributed by atoms with Crippen molar-refractivity contribution < 1.29 is 4.39 Å². The maximum atomic E-state index is 12.8. The second kappa shape index (κ2) is 8.63. The van der Waals surface area contributed by atoms with Gasteiger partial charge in [-0.2, -0.15) is 0 Å². The van der Waals surface area contributed by atoms with Gasteiger partial charge < -0.3 is 11.1 Å². The Morgan fingerprint density at radius 3 is 2.09 bits per heavy atom. The van der Waals surface area contributed by atoms with E-state index >= 15 is 0 Å². The predicted molar refractivity (Wildman–Crippen MR) is 131 cm³/mol. The van der Waals surface area contributed by atoms with Crippen LogP contribution in [0.25, 0.3) is 0 Å². The van der Waals surface area contributed by atoms with Crippen molar-refractivity contribution in [3.63, 3.8) is 0 Å². The molecule has 0 aromatic heterocycles. The van der Waals surface area contributed by atoms with Crippen molar-refractivity contribution in [1.29, 1.82) is 0 Å². The minimum Gasteiger partial charge on any atom is -0.383 e. The molecule has 4 bridgehead atoms. The van der Waals surface area contributed by atoms with Crippen molar-refractivity contribution in [2.75, 3.05) is 6.54 Å². The highest BCUT2D eigenvalue weighted by atomic mass is 19.1. The Morgan fingerprint density at radius 1 is 0.969 bits per heavy atom. The van der Waals surface area contributed by atoms with E-state index in [4.69, 9.17) is 5.73 Å². The van der Waals surface area contributed by atoms with Gasteiger partial charge in [-0.05, 0) is 118 Å². The van der Waals surface area contributed by atoms with Gasteiger partial charge >= 0.3 is 0 Å². The van der Waals surface area contributed by atoms with Crippen molar-refractivity contribution >= 4 is 0 Å². The van der Waals surface area contributed by atoms with Gasteiger partial charge in [0.15, 0.2) is 0 Å². The zero-order valence-corrected chi connectivity index (χ0v) is 19.7. The zero-order valence-electron chi connectivity index (χ0n) is 19.7. The molecule has 7 rings (SSSR count). The lowest BCUT2D eigenvalue weighted by atomic mass is 9.51. The van der Waals surface area contributed by atoms with Crippen molar-refractivity contribution in [2.24, 2.45) is 17.1 Å². The molecule has 6 aliphatic rings. The van der Waals surface area contributed by atoms with E-state index in [0.29, 0.717) is 41.2 Å². The number of hydrogen-bond acceptors (Lipinski definition) is 2. The predicted octanol–water partition coefficient (Wildman–Crippen LogP) is 6.85. The lowest BCUT2D eigenvalue weighted by molar-refractivity contribution is 0.0471. The molecule has 1 aromatic rings. The molecular weight excluding hydrogens is 395 g/mol. The molecular formula is C29H41FN2. The quantitative estimate of drug-likeness (QED) is 0.468.